The average Bonchev–Trinajstić information content (AvgIpc) is 3.36. The van der Waals surface area contributed by atoms with Gasteiger partial charge in [0.1, 0.15) is 5.71 Å². The molecule has 1 atom stereocenters. The highest BCUT2D eigenvalue weighted by Crippen LogP contribution is 2.34. The summed E-state index contributed by atoms with van der Waals surface area (Å²) in [4.78, 5) is 38.8. The van der Waals surface area contributed by atoms with Crippen LogP contribution in [0.1, 0.15) is 50.6 Å². The summed E-state index contributed by atoms with van der Waals surface area (Å²) in [5, 5.41) is 7.25. The Bertz CT molecular complexity index is 778. The van der Waals surface area contributed by atoms with E-state index in [1.165, 1.54) is 19.3 Å². The number of nitrogens with zero attached hydrogens (tertiary/aromatic N) is 4. The minimum Gasteiger partial charge on any atom is -0.386 e. The van der Waals surface area contributed by atoms with Crippen LogP contribution in [0.2, 0.25) is 0 Å². The van der Waals surface area contributed by atoms with Crippen LogP contribution in [0.4, 0.5) is 4.79 Å². The smallest absolute Gasteiger partial charge is 0.317 e. The van der Waals surface area contributed by atoms with Crippen LogP contribution in [0, 0.1) is 0 Å². The number of amides is 3. The summed E-state index contributed by atoms with van der Waals surface area (Å²) in [6, 6.07) is 5.89. The van der Waals surface area contributed by atoms with Crippen LogP contribution >= 0.6 is 0 Å². The van der Waals surface area contributed by atoms with Crippen molar-refractivity contribution in [3.05, 3.63) is 30.1 Å². The summed E-state index contributed by atoms with van der Waals surface area (Å²) in [5.74, 6) is -0.155. The van der Waals surface area contributed by atoms with Gasteiger partial charge in [-0.05, 0) is 25.0 Å². The molecular formula is C21H29N5O3. The Morgan fingerprint density at radius 2 is 2.14 bits per heavy atom. The topological polar surface area (TPSA) is 87.1 Å². The lowest BCUT2D eigenvalue weighted by atomic mass is 9.95. The number of pyridine rings is 1. The van der Waals surface area contributed by atoms with Gasteiger partial charge in [0.05, 0.1) is 18.8 Å². The molecule has 1 aliphatic carbocycles. The van der Waals surface area contributed by atoms with Crippen molar-refractivity contribution in [2.45, 2.75) is 63.1 Å². The van der Waals surface area contributed by atoms with E-state index in [1.807, 2.05) is 18.2 Å². The molecule has 1 saturated heterocycles. The van der Waals surface area contributed by atoms with Gasteiger partial charge in [0.25, 0.3) is 5.91 Å². The Kier molecular flexibility index (Phi) is 5.69. The third-order valence-corrected chi connectivity index (χ3v) is 6.09. The summed E-state index contributed by atoms with van der Waals surface area (Å²) >= 11 is 0. The number of hydrogen-bond acceptors (Lipinski definition) is 5. The molecule has 1 aromatic heterocycles. The molecule has 2 fully saturated rings. The highest BCUT2D eigenvalue weighted by molar-refractivity contribution is 6.39. The lowest BCUT2D eigenvalue weighted by Gasteiger charge is -2.27. The van der Waals surface area contributed by atoms with Gasteiger partial charge < -0.3 is 20.0 Å². The predicted octanol–water partition coefficient (Wildman–Crippen LogP) is 2.30. The molecular weight excluding hydrogens is 370 g/mol. The fourth-order valence-electron chi connectivity index (χ4n) is 4.41. The first-order chi connectivity index (χ1) is 14.0. The SMILES string of the molecule is CN(Cc1ccccn1)C(=O)C1=NOC2(CCN(C(=O)NC3CCCCC3)C2)C1. The molecule has 156 valence electrons. The zero-order valence-electron chi connectivity index (χ0n) is 17.0. The zero-order valence-corrected chi connectivity index (χ0v) is 17.0. The molecule has 3 amide bonds. The van der Waals surface area contributed by atoms with Gasteiger partial charge in [-0.15, -0.1) is 0 Å². The van der Waals surface area contributed by atoms with Gasteiger partial charge in [-0.25, -0.2) is 4.79 Å². The molecule has 0 radical (unpaired) electrons. The first-order valence-corrected chi connectivity index (χ1v) is 10.5. The first-order valence-electron chi connectivity index (χ1n) is 10.5. The number of oxime groups is 1. The van der Waals surface area contributed by atoms with Crippen LogP contribution < -0.4 is 5.32 Å². The van der Waals surface area contributed by atoms with Crippen molar-refractivity contribution in [3.63, 3.8) is 0 Å². The number of nitrogens with one attached hydrogen (secondary N) is 1. The zero-order chi connectivity index (χ0) is 20.3. The standard InChI is InChI=1S/C21H29N5O3/c1-25(14-17-9-5-6-11-22-17)19(27)18-13-21(29-24-18)10-12-26(15-21)20(28)23-16-7-3-2-4-8-16/h5-6,9,11,16H,2-4,7-8,10,12-15H2,1H3,(H,23,28). The van der Waals surface area contributed by atoms with Gasteiger partial charge in [-0.3, -0.25) is 9.78 Å². The molecule has 1 N–H and O–H groups in total. The van der Waals surface area contributed by atoms with Gasteiger partial charge in [0.15, 0.2) is 5.60 Å². The van der Waals surface area contributed by atoms with Crippen molar-refractivity contribution in [1.82, 2.24) is 20.1 Å². The minimum atomic E-state index is -0.569. The molecule has 8 heteroatoms. The fraction of sp³-hybridized carbons (Fsp3) is 0.619. The third-order valence-electron chi connectivity index (χ3n) is 6.09. The molecule has 29 heavy (non-hydrogen) atoms. The number of hydrogen-bond donors (Lipinski definition) is 1. The lowest BCUT2D eigenvalue weighted by molar-refractivity contribution is -0.123. The number of likely N-dealkylation sites (tertiary alicyclic amines) is 1. The van der Waals surface area contributed by atoms with Crippen molar-refractivity contribution >= 4 is 17.6 Å². The second-order valence-corrected chi connectivity index (χ2v) is 8.43. The predicted molar refractivity (Wildman–Crippen MR) is 108 cm³/mol. The minimum absolute atomic E-state index is 0.0237. The molecule has 2 aliphatic heterocycles. The van der Waals surface area contributed by atoms with Crippen LogP contribution in [-0.4, -0.2) is 64.2 Å². The van der Waals surface area contributed by atoms with Crippen molar-refractivity contribution in [2.24, 2.45) is 5.16 Å². The van der Waals surface area contributed by atoms with Gasteiger partial charge in [0, 0.05) is 38.7 Å². The molecule has 0 bridgehead atoms. The summed E-state index contributed by atoms with van der Waals surface area (Å²) < 4.78 is 0. The molecule has 0 aromatic carbocycles. The Balaban J connectivity index is 1.29. The Morgan fingerprint density at radius 3 is 2.90 bits per heavy atom. The molecule has 4 rings (SSSR count). The van der Waals surface area contributed by atoms with Crippen molar-refractivity contribution in [3.8, 4) is 0 Å². The van der Waals surface area contributed by atoms with E-state index in [9.17, 15) is 9.59 Å². The van der Waals surface area contributed by atoms with Gasteiger partial charge in [0.2, 0.25) is 0 Å². The van der Waals surface area contributed by atoms with Gasteiger partial charge in [-0.1, -0.05) is 30.5 Å². The number of carbonyl (C=O) groups is 2. The van der Waals surface area contributed by atoms with Crippen LogP contribution in [0.3, 0.4) is 0 Å². The van der Waals surface area contributed by atoms with E-state index in [4.69, 9.17) is 4.84 Å². The van der Waals surface area contributed by atoms with E-state index in [0.29, 0.717) is 38.2 Å². The highest BCUT2D eigenvalue weighted by Gasteiger charge is 2.48. The van der Waals surface area contributed by atoms with Gasteiger partial charge in [-0.2, -0.15) is 0 Å². The number of urea groups is 1. The van der Waals surface area contributed by atoms with E-state index >= 15 is 0 Å². The monoisotopic (exact) mass is 399 g/mol. The van der Waals surface area contributed by atoms with Crippen molar-refractivity contribution in [2.75, 3.05) is 20.1 Å². The maximum Gasteiger partial charge on any atom is 0.317 e. The number of aromatic nitrogens is 1. The van der Waals surface area contributed by atoms with E-state index in [1.54, 1.807) is 23.0 Å². The fourth-order valence-corrected chi connectivity index (χ4v) is 4.41. The summed E-state index contributed by atoms with van der Waals surface area (Å²) in [6.07, 6.45) is 8.59. The van der Waals surface area contributed by atoms with E-state index in [0.717, 1.165) is 18.5 Å². The molecule has 3 aliphatic rings. The molecule has 1 aromatic rings. The number of rotatable bonds is 4. The largest absolute Gasteiger partial charge is 0.386 e. The molecule has 8 nitrogen and oxygen atoms in total. The number of carbonyl (C=O) groups excluding carboxylic acids is 2. The Hall–Kier alpha value is -2.64. The average molecular weight is 399 g/mol. The Labute approximate surface area is 171 Å². The van der Waals surface area contributed by atoms with E-state index in [2.05, 4.69) is 15.5 Å². The van der Waals surface area contributed by atoms with Crippen LogP contribution in [-0.2, 0) is 16.2 Å². The molecule has 1 unspecified atom stereocenters. The Morgan fingerprint density at radius 1 is 1.31 bits per heavy atom. The summed E-state index contributed by atoms with van der Waals surface area (Å²) in [6.45, 7) is 1.51. The van der Waals surface area contributed by atoms with Crippen molar-refractivity contribution < 1.29 is 14.4 Å². The van der Waals surface area contributed by atoms with Crippen LogP contribution in [0.15, 0.2) is 29.6 Å². The quantitative estimate of drug-likeness (QED) is 0.842. The maximum absolute atomic E-state index is 12.8. The highest BCUT2D eigenvalue weighted by atomic mass is 16.7. The third kappa shape index (κ3) is 4.52. The normalized spacial score (nSPS) is 24.3. The van der Waals surface area contributed by atoms with Crippen LogP contribution in [0.5, 0.6) is 0 Å². The summed E-state index contributed by atoms with van der Waals surface area (Å²) in [5.41, 5.74) is 0.669. The molecule has 1 spiro atoms. The second kappa shape index (κ2) is 8.39. The van der Waals surface area contributed by atoms with Gasteiger partial charge >= 0.3 is 6.03 Å². The maximum atomic E-state index is 12.8. The first kappa shape index (κ1) is 19.7. The van der Waals surface area contributed by atoms with Crippen LogP contribution in [0.25, 0.3) is 0 Å². The summed E-state index contributed by atoms with van der Waals surface area (Å²) in [7, 11) is 1.74. The van der Waals surface area contributed by atoms with Crippen molar-refractivity contribution in [1.29, 1.82) is 0 Å². The second-order valence-electron chi connectivity index (χ2n) is 8.43. The van der Waals surface area contributed by atoms with E-state index in [-0.39, 0.29) is 18.0 Å². The van der Waals surface area contributed by atoms with E-state index < -0.39 is 5.60 Å². The molecule has 1 saturated carbocycles. The lowest BCUT2D eigenvalue weighted by Crippen LogP contribution is -2.46. The molecule has 3 heterocycles.